The van der Waals surface area contributed by atoms with Gasteiger partial charge in [0.25, 0.3) is 5.69 Å². The number of methoxy groups -OCH3 is 1. The Kier molecular flexibility index (Phi) is 7.54. The first-order valence-corrected chi connectivity index (χ1v) is 12.4. The lowest BCUT2D eigenvalue weighted by Gasteiger charge is -2.16. The maximum atomic E-state index is 12.6. The Balaban J connectivity index is 1.33. The van der Waals surface area contributed by atoms with Crippen molar-refractivity contribution in [3.05, 3.63) is 124 Å². The number of nitro benzene ring substituents is 1. The highest BCUT2D eigenvalue weighted by molar-refractivity contribution is 5.97. The zero-order chi connectivity index (χ0) is 28.1. The Morgan fingerprint density at radius 1 is 1.05 bits per heavy atom. The molecule has 40 heavy (non-hydrogen) atoms. The van der Waals surface area contributed by atoms with E-state index in [0.29, 0.717) is 41.1 Å². The van der Waals surface area contributed by atoms with Crippen LogP contribution >= 0.6 is 0 Å². The molecule has 0 aliphatic rings. The minimum absolute atomic E-state index is 0.0187. The third-order valence-electron chi connectivity index (χ3n) is 6.30. The molecule has 0 spiro atoms. The number of non-ortho nitro benzene ring substituents is 1. The Bertz CT molecular complexity index is 1770. The number of nitro groups is 1. The van der Waals surface area contributed by atoms with Gasteiger partial charge in [0.1, 0.15) is 12.2 Å². The van der Waals surface area contributed by atoms with Crippen molar-refractivity contribution in [3.8, 4) is 11.5 Å². The normalized spacial score (nSPS) is 11.1. The van der Waals surface area contributed by atoms with Gasteiger partial charge in [-0.05, 0) is 52.6 Å². The van der Waals surface area contributed by atoms with Gasteiger partial charge >= 0.3 is 5.91 Å². The van der Waals surface area contributed by atoms with Gasteiger partial charge in [0.15, 0.2) is 17.3 Å². The van der Waals surface area contributed by atoms with Crippen LogP contribution in [0.3, 0.4) is 0 Å². The summed E-state index contributed by atoms with van der Waals surface area (Å²) in [6, 6.07) is 23.4. The average Bonchev–Trinajstić information content (AvgIpc) is 3.40. The van der Waals surface area contributed by atoms with E-state index in [1.165, 1.54) is 30.5 Å². The van der Waals surface area contributed by atoms with Crippen LogP contribution in [0, 0.1) is 10.1 Å². The summed E-state index contributed by atoms with van der Waals surface area (Å²) in [7, 11) is 1.56. The molecule has 0 saturated heterocycles. The summed E-state index contributed by atoms with van der Waals surface area (Å²) in [4.78, 5) is 23.1. The molecule has 0 saturated carbocycles. The van der Waals surface area contributed by atoms with Crippen LogP contribution in [0.5, 0.6) is 11.5 Å². The van der Waals surface area contributed by atoms with Crippen molar-refractivity contribution in [3.63, 3.8) is 0 Å². The monoisotopic (exact) mass is 535 g/mol. The van der Waals surface area contributed by atoms with E-state index in [2.05, 4.69) is 35.3 Å². The minimum atomic E-state index is -0.594. The van der Waals surface area contributed by atoms with Crippen molar-refractivity contribution in [2.24, 2.45) is 5.10 Å². The van der Waals surface area contributed by atoms with E-state index >= 15 is 0 Å². The van der Waals surface area contributed by atoms with Crippen LogP contribution < -0.4 is 14.9 Å². The van der Waals surface area contributed by atoms with Crippen LogP contribution in [0.2, 0.25) is 0 Å². The SMILES string of the molecule is C=CCc1cc(/C=N/NC(=O)c2cc3cc([N+](=O)[O-])ccc3o2)cc(OC)c1OCc1cccc2ccccc12. The second kappa shape index (κ2) is 11.5. The number of allylic oxidation sites excluding steroid dienone is 1. The number of fused-ring (bicyclic) bond motifs is 2. The van der Waals surface area contributed by atoms with E-state index in [-0.39, 0.29) is 11.4 Å². The van der Waals surface area contributed by atoms with Crippen LogP contribution in [-0.4, -0.2) is 24.2 Å². The standard InChI is InChI=1S/C31H25N3O6/c1-3-7-22-14-20(18-32-33-31(35)29-17-24-16-25(34(36)37)12-13-27(24)40-29)15-28(38-2)30(22)39-19-23-10-6-9-21-8-4-5-11-26(21)23/h3-6,8-18H,1,7,19H2,2H3,(H,33,35)/b32-18+. The summed E-state index contributed by atoms with van der Waals surface area (Å²) in [5, 5.41) is 17.8. The maximum Gasteiger partial charge on any atom is 0.307 e. The first kappa shape index (κ1) is 26.2. The fraction of sp³-hybridized carbons (Fsp3) is 0.0968. The molecule has 9 heteroatoms. The van der Waals surface area contributed by atoms with Crippen LogP contribution in [0.15, 0.2) is 101 Å². The number of carbonyl (C=O) groups excluding carboxylic acids is 1. The van der Waals surface area contributed by atoms with E-state index in [4.69, 9.17) is 13.9 Å². The molecule has 0 unspecified atom stereocenters. The van der Waals surface area contributed by atoms with Crippen molar-refractivity contribution in [2.75, 3.05) is 7.11 Å². The predicted octanol–water partition coefficient (Wildman–Crippen LogP) is 6.57. The molecule has 200 valence electrons. The molecule has 1 heterocycles. The first-order valence-electron chi connectivity index (χ1n) is 12.4. The molecular formula is C31H25N3O6. The molecule has 4 aromatic carbocycles. The van der Waals surface area contributed by atoms with Gasteiger partial charge in [-0.1, -0.05) is 48.5 Å². The van der Waals surface area contributed by atoms with Gasteiger partial charge in [-0.15, -0.1) is 6.58 Å². The lowest BCUT2D eigenvalue weighted by atomic mass is 10.0. The zero-order valence-electron chi connectivity index (χ0n) is 21.6. The highest BCUT2D eigenvalue weighted by Gasteiger charge is 2.16. The number of amides is 1. The van der Waals surface area contributed by atoms with Crippen molar-refractivity contribution in [2.45, 2.75) is 13.0 Å². The van der Waals surface area contributed by atoms with Gasteiger partial charge in [0.05, 0.1) is 18.2 Å². The topological polar surface area (TPSA) is 116 Å². The Morgan fingerprint density at radius 2 is 1.88 bits per heavy atom. The van der Waals surface area contributed by atoms with Crippen molar-refractivity contribution < 1.29 is 23.6 Å². The van der Waals surface area contributed by atoms with Crippen molar-refractivity contribution in [1.29, 1.82) is 0 Å². The number of hydrazone groups is 1. The summed E-state index contributed by atoms with van der Waals surface area (Å²) >= 11 is 0. The largest absolute Gasteiger partial charge is 0.493 e. The van der Waals surface area contributed by atoms with Crippen molar-refractivity contribution in [1.82, 2.24) is 5.43 Å². The Morgan fingerprint density at radius 3 is 2.67 bits per heavy atom. The van der Waals surface area contributed by atoms with Gasteiger partial charge in [-0.3, -0.25) is 14.9 Å². The van der Waals surface area contributed by atoms with Crippen LogP contribution in [0.4, 0.5) is 5.69 Å². The van der Waals surface area contributed by atoms with E-state index < -0.39 is 10.8 Å². The molecule has 1 N–H and O–H groups in total. The molecule has 5 aromatic rings. The van der Waals surface area contributed by atoms with Gasteiger partial charge in [-0.2, -0.15) is 5.10 Å². The number of nitrogens with one attached hydrogen (secondary N) is 1. The van der Waals surface area contributed by atoms with Crippen LogP contribution in [0.25, 0.3) is 21.7 Å². The molecule has 0 bridgehead atoms. The van der Waals surface area contributed by atoms with Crippen LogP contribution in [0.1, 0.15) is 27.2 Å². The molecule has 0 aliphatic heterocycles. The van der Waals surface area contributed by atoms with E-state index in [0.717, 1.165) is 21.9 Å². The van der Waals surface area contributed by atoms with Gasteiger partial charge in [-0.25, -0.2) is 5.43 Å². The van der Waals surface area contributed by atoms with E-state index in [1.54, 1.807) is 19.3 Å². The summed E-state index contributed by atoms with van der Waals surface area (Å²) in [5.74, 6) is 0.511. The summed E-state index contributed by atoms with van der Waals surface area (Å²) in [6.45, 7) is 4.21. The number of rotatable bonds is 10. The predicted molar refractivity (Wildman–Crippen MR) is 153 cm³/mol. The molecule has 0 aliphatic carbocycles. The lowest BCUT2D eigenvalue weighted by Crippen LogP contribution is -2.16. The summed E-state index contributed by atoms with van der Waals surface area (Å²) < 4.78 is 17.4. The minimum Gasteiger partial charge on any atom is -0.493 e. The molecular weight excluding hydrogens is 510 g/mol. The molecule has 0 atom stereocenters. The second-order valence-electron chi connectivity index (χ2n) is 8.92. The number of hydrogen-bond donors (Lipinski definition) is 1. The van der Waals surface area contributed by atoms with Gasteiger partial charge < -0.3 is 13.9 Å². The molecule has 1 aromatic heterocycles. The number of carbonyl (C=O) groups is 1. The van der Waals surface area contributed by atoms with Crippen molar-refractivity contribution >= 4 is 39.6 Å². The third kappa shape index (κ3) is 5.53. The number of hydrogen-bond acceptors (Lipinski definition) is 7. The highest BCUT2D eigenvalue weighted by Crippen LogP contribution is 2.34. The first-order chi connectivity index (χ1) is 19.5. The average molecular weight is 536 g/mol. The highest BCUT2D eigenvalue weighted by atomic mass is 16.6. The number of benzene rings is 4. The molecule has 5 rings (SSSR count). The number of ether oxygens (including phenoxy) is 2. The number of furan rings is 1. The summed E-state index contributed by atoms with van der Waals surface area (Å²) in [6.07, 6.45) is 3.78. The molecule has 0 fully saturated rings. The zero-order valence-corrected chi connectivity index (χ0v) is 21.6. The van der Waals surface area contributed by atoms with E-state index in [1.807, 2.05) is 30.3 Å². The van der Waals surface area contributed by atoms with Crippen LogP contribution in [-0.2, 0) is 13.0 Å². The molecule has 0 radical (unpaired) electrons. The molecule has 9 nitrogen and oxygen atoms in total. The number of nitrogens with zero attached hydrogens (tertiary/aromatic N) is 2. The van der Waals surface area contributed by atoms with Gasteiger partial charge in [0, 0.05) is 23.1 Å². The molecule has 1 amide bonds. The summed E-state index contributed by atoms with van der Waals surface area (Å²) in [5.41, 5.74) is 5.27. The quantitative estimate of drug-likeness (QED) is 0.0935. The fourth-order valence-electron chi connectivity index (χ4n) is 4.43. The Labute approximate surface area is 229 Å². The second-order valence-corrected chi connectivity index (χ2v) is 8.92. The van der Waals surface area contributed by atoms with E-state index in [9.17, 15) is 14.9 Å². The smallest absolute Gasteiger partial charge is 0.307 e. The fourth-order valence-corrected chi connectivity index (χ4v) is 4.43. The Hall–Kier alpha value is -5.44. The lowest BCUT2D eigenvalue weighted by molar-refractivity contribution is -0.384. The third-order valence-corrected chi connectivity index (χ3v) is 6.30. The maximum absolute atomic E-state index is 12.6. The van der Waals surface area contributed by atoms with Gasteiger partial charge in [0.2, 0.25) is 0 Å².